The summed E-state index contributed by atoms with van der Waals surface area (Å²) in [6.07, 6.45) is 5.65. The van der Waals surface area contributed by atoms with E-state index in [1.807, 2.05) is 12.1 Å². The van der Waals surface area contributed by atoms with Crippen molar-refractivity contribution in [2.75, 3.05) is 20.1 Å². The van der Waals surface area contributed by atoms with Crippen LogP contribution in [0.5, 0.6) is 0 Å². The van der Waals surface area contributed by atoms with Crippen molar-refractivity contribution in [3.05, 3.63) is 35.6 Å². The predicted molar refractivity (Wildman–Crippen MR) is 84.7 cm³/mol. The zero-order valence-electron chi connectivity index (χ0n) is 13.2. The van der Waals surface area contributed by atoms with Crippen LogP contribution < -0.4 is 5.32 Å². The second-order valence-corrected chi connectivity index (χ2v) is 6.83. The van der Waals surface area contributed by atoms with E-state index in [0.717, 1.165) is 36.5 Å². The van der Waals surface area contributed by atoms with Crippen LogP contribution in [0.3, 0.4) is 0 Å². The summed E-state index contributed by atoms with van der Waals surface area (Å²) in [6.45, 7) is 4.05. The van der Waals surface area contributed by atoms with E-state index in [1.165, 1.54) is 25.7 Å². The van der Waals surface area contributed by atoms with Crippen LogP contribution in [-0.2, 0) is 0 Å². The van der Waals surface area contributed by atoms with Crippen LogP contribution in [-0.4, -0.2) is 31.1 Å². The molecule has 1 aromatic rings. The second-order valence-electron chi connectivity index (χ2n) is 6.83. The number of hydrogen-bond donors (Lipinski definition) is 1. The highest BCUT2D eigenvalue weighted by Gasteiger charge is 2.40. The van der Waals surface area contributed by atoms with Crippen LogP contribution in [0.1, 0.15) is 44.2 Å². The van der Waals surface area contributed by atoms with Gasteiger partial charge in [0.25, 0.3) is 0 Å². The lowest BCUT2D eigenvalue weighted by Gasteiger charge is -2.27. The van der Waals surface area contributed by atoms with Crippen LogP contribution >= 0.6 is 0 Å². The Bertz CT molecular complexity index is 456. The van der Waals surface area contributed by atoms with Crippen molar-refractivity contribution in [3.8, 4) is 0 Å². The minimum atomic E-state index is -0.0985. The fourth-order valence-electron chi connectivity index (χ4n) is 3.28. The first-order valence-electron chi connectivity index (χ1n) is 8.35. The van der Waals surface area contributed by atoms with Gasteiger partial charge in [-0.1, -0.05) is 18.2 Å². The molecule has 2 aliphatic carbocycles. The highest BCUT2D eigenvalue weighted by Crippen LogP contribution is 2.44. The number of nitrogens with one attached hydrogen (secondary N) is 1. The lowest BCUT2D eigenvalue weighted by atomic mass is 10.1. The molecule has 0 amide bonds. The fourth-order valence-corrected chi connectivity index (χ4v) is 3.28. The molecule has 1 N–H and O–H groups in total. The van der Waals surface area contributed by atoms with Crippen LogP contribution in [0.4, 0.5) is 4.39 Å². The lowest BCUT2D eigenvalue weighted by Crippen LogP contribution is -2.39. The first kappa shape index (κ1) is 15.0. The molecule has 21 heavy (non-hydrogen) atoms. The largest absolute Gasteiger partial charge is 0.312 e. The monoisotopic (exact) mass is 290 g/mol. The minimum absolute atomic E-state index is 0.0985. The third-order valence-corrected chi connectivity index (χ3v) is 5.12. The van der Waals surface area contributed by atoms with E-state index < -0.39 is 0 Å². The quantitative estimate of drug-likeness (QED) is 0.787. The summed E-state index contributed by atoms with van der Waals surface area (Å²) in [4.78, 5) is 2.24. The second kappa shape index (κ2) is 6.45. The van der Waals surface area contributed by atoms with Crippen molar-refractivity contribution >= 4 is 0 Å². The number of rotatable bonds is 8. The van der Waals surface area contributed by atoms with Gasteiger partial charge in [0.15, 0.2) is 0 Å². The summed E-state index contributed by atoms with van der Waals surface area (Å²) >= 11 is 0. The molecular formula is C18H27FN2. The van der Waals surface area contributed by atoms with Gasteiger partial charge in [-0.2, -0.15) is 0 Å². The third kappa shape index (κ3) is 3.83. The summed E-state index contributed by atoms with van der Waals surface area (Å²) in [6, 6.07) is 7.98. The van der Waals surface area contributed by atoms with Gasteiger partial charge in [-0.05, 0) is 57.6 Å². The first-order chi connectivity index (χ1) is 10.2. The SMILES string of the molecule is CC(c1ccccc1F)N(C)CCNC(C1CC1)C1CC1. The van der Waals surface area contributed by atoms with Gasteiger partial charge in [0.05, 0.1) is 0 Å². The summed E-state index contributed by atoms with van der Waals surface area (Å²) < 4.78 is 13.8. The Morgan fingerprint density at radius 1 is 1.19 bits per heavy atom. The molecule has 0 radical (unpaired) electrons. The summed E-state index contributed by atoms with van der Waals surface area (Å²) in [5, 5.41) is 3.76. The highest BCUT2D eigenvalue weighted by molar-refractivity contribution is 5.20. The van der Waals surface area contributed by atoms with E-state index in [4.69, 9.17) is 0 Å². The highest BCUT2D eigenvalue weighted by atomic mass is 19.1. The number of benzene rings is 1. The maximum Gasteiger partial charge on any atom is 0.127 e. The van der Waals surface area contributed by atoms with Crippen LogP contribution in [0.15, 0.2) is 24.3 Å². The van der Waals surface area contributed by atoms with E-state index in [2.05, 4.69) is 24.2 Å². The molecule has 0 heterocycles. The smallest absolute Gasteiger partial charge is 0.127 e. The maximum absolute atomic E-state index is 13.8. The van der Waals surface area contributed by atoms with Crippen molar-refractivity contribution in [2.45, 2.75) is 44.7 Å². The summed E-state index contributed by atoms with van der Waals surface area (Å²) in [5.41, 5.74) is 0.793. The first-order valence-corrected chi connectivity index (χ1v) is 8.35. The molecule has 0 spiro atoms. The predicted octanol–water partition coefficient (Wildman–Crippen LogP) is 3.60. The normalized spacial score (nSPS) is 20.2. The number of hydrogen-bond acceptors (Lipinski definition) is 2. The molecule has 116 valence electrons. The molecule has 0 bridgehead atoms. The van der Waals surface area contributed by atoms with Crippen molar-refractivity contribution in [1.29, 1.82) is 0 Å². The molecule has 0 aliphatic heterocycles. The third-order valence-electron chi connectivity index (χ3n) is 5.12. The molecule has 2 nitrogen and oxygen atoms in total. The minimum Gasteiger partial charge on any atom is -0.312 e. The topological polar surface area (TPSA) is 15.3 Å². The van der Waals surface area contributed by atoms with E-state index in [1.54, 1.807) is 12.1 Å². The van der Waals surface area contributed by atoms with Gasteiger partial charge in [0.1, 0.15) is 5.82 Å². The number of halogens is 1. The van der Waals surface area contributed by atoms with Crippen molar-refractivity contribution < 1.29 is 4.39 Å². The van der Waals surface area contributed by atoms with E-state index >= 15 is 0 Å². The van der Waals surface area contributed by atoms with Gasteiger partial charge < -0.3 is 5.32 Å². The fraction of sp³-hybridized carbons (Fsp3) is 0.667. The van der Waals surface area contributed by atoms with Crippen LogP contribution in [0, 0.1) is 17.7 Å². The number of nitrogens with zero attached hydrogens (tertiary/aromatic N) is 1. The maximum atomic E-state index is 13.8. The Morgan fingerprint density at radius 2 is 1.81 bits per heavy atom. The van der Waals surface area contributed by atoms with Gasteiger partial charge in [-0.25, -0.2) is 4.39 Å². The standard InChI is InChI=1S/C18H27FN2/c1-13(16-5-3-4-6-17(16)19)21(2)12-11-20-18(14-7-8-14)15-9-10-15/h3-6,13-15,18,20H,7-12H2,1-2H3. The van der Waals surface area contributed by atoms with Crippen molar-refractivity contribution in [2.24, 2.45) is 11.8 Å². The molecule has 3 heteroatoms. The summed E-state index contributed by atoms with van der Waals surface area (Å²) in [7, 11) is 2.09. The Morgan fingerprint density at radius 3 is 2.38 bits per heavy atom. The van der Waals surface area contributed by atoms with Gasteiger partial charge in [0, 0.05) is 30.7 Å². The zero-order valence-corrected chi connectivity index (χ0v) is 13.2. The molecule has 1 aromatic carbocycles. The lowest BCUT2D eigenvalue weighted by molar-refractivity contribution is 0.247. The van der Waals surface area contributed by atoms with E-state index in [-0.39, 0.29) is 11.9 Å². The van der Waals surface area contributed by atoms with Gasteiger partial charge in [-0.3, -0.25) is 4.90 Å². The molecule has 1 unspecified atom stereocenters. The Kier molecular flexibility index (Phi) is 4.60. The van der Waals surface area contributed by atoms with E-state index in [9.17, 15) is 4.39 Å². The number of likely N-dealkylation sites (N-methyl/N-ethyl adjacent to an activating group) is 1. The molecule has 2 fully saturated rings. The summed E-state index contributed by atoms with van der Waals surface area (Å²) in [5.74, 6) is 1.78. The molecule has 0 aromatic heterocycles. The molecule has 2 saturated carbocycles. The molecule has 2 aliphatic rings. The average molecular weight is 290 g/mol. The Balaban J connectivity index is 1.47. The van der Waals surface area contributed by atoms with Gasteiger partial charge >= 0.3 is 0 Å². The average Bonchev–Trinajstić information content (AvgIpc) is 3.37. The molecular weight excluding hydrogens is 263 g/mol. The molecule has 1 atom stereocenters. The van der Waals surface area contributed by atoms with E-state index in [0.29, 0.717) is 0 Å². The molecule has 0 saturated heterocycles. The molecule has 3 rings (SSSR count). The Labute approximate surface area is 127 Å². The Hall–Kier alpha value is -0.930. The van der Waals surface area contributed by atoms with Gasteiger partial charge in [0.2, 0.25) is 0 Å². The zero-order chi connectivity index (χ0) is 14.8. The van der Waals surface area contributed by atoms with Crippen LogP contribution in [0.25, 0.3) is 0 Å². The van der Waals surface area contributed by atoms with Gasteiger partial charge in [-0.15, -0.1) is 0 Å². The van der Waals surface area contributed by atoms with Crippen LogP contribution in [0.2, 0.25) is 0 Å². The van der Waals surface area contributed by atoms with Crippen molar-refractivity contribution in [3.63, 3.8) is 0 Å². The van der Waals surface area contributed by atoms with Crippen molar-refractivity contribution in [1.82, 2.24) is 10.2 Å².